The van der Waals surface area contributed by atoms with Gasteiger partial charge in [-0.3, -0.25) is 4.68 Å². The lowest BCUT2D eigenvalue weighted by molar-refractivity contribution is 0.378. The molecule has 2 aromatic heterocycles. The number of benzene rings is 1. The van der Waals surface area contributed by atoms with Crippen molar-refractivity contribution in [2.24, 2.45) is 12.0 Å². The predicted octanol–water partition coefficient (Wildman–Crippen LogP) is 3.66. The maximum absolute atomic E-state index is 5.92. The molecule has 1 aromatic carbocycles. The number of halogens is 2. The minimum Gasteiger partial charge on any atom is -0.357 e. The van der Waals surface area contributed by atoms with Crippen LogP contribution in [-0.2, 0) is 20.0 Å². The molecule has 2 heterocycles. The molecule has 162 valence electrons. The first-order valence-corrected chi connectivity index (χ1v) is 9.95. The number of aliphatic imine (C=N–C) groups is 1. The molecule has 0 aliphatic carbocycles. The van der Waals surface area contributed by atoms with Gasteiger partial charge < -0.3 is 15.2 Å². The van der Waals surface area contributed by atoms with E-state index in [1.54, 1.807) is 12.1 Å². The number of rotatable bonds is 7. The topological polar surface area (TPSA) is 93.2 Å². The summed E-state index contributed by atoms with van der Waals surface area (Å²) in [7, 11) is 1.95. The molecule has 0 atom stereocenters. The summed E-state index contributed by atoms with van der Waals surface area (Å²) in [6, 6.07) is 7.35. The molecule has 0 unspecified atom stereocenters. The van der Waals surface area contributed by atoms with Crippen LogP contribution in [-0.4, -0.2) is 39.0 Å². The Morgan fingerprint density at radius 3 is 2.57 bits per heavy atom. The van der Waals surface area contributed by atoms with Crippen molar-refractivity contribution in [2.45, 2.75) is 33.7 Å². The molecule has 0 amide bonds. The largest absolute Gasteiger partial charge is 0.357 e. The molecular formula is C20H27ClIN7O. The zero-order valence-corrected chi connectivity index (χ0v) is 20.7. The summed E-state index contributed by atoms with van der Waals surface area (Å²) in [5.41, 5.74) is 4.15. The van der Waals surface area contributed by atoms with Crippen LogP contribution in [0.3, 0.4) is 0 Å². The molecular weight excluding hydrogens is 517 g/mol. The lowest BCUT2D eigenvalue weighted by atomic mass is 10.2. The van der Waals surface area contributed by atoms with Gasteiger partial charge in [0.2, 0.25) is 11.7 Å². The van der Waals surface area contributed by atoms with Gasteiger partial charge in [-0.1, -0.05) is 16.8 Å². The van der Waals surface area contributed by atoms with E-state index in [1.165, 1.54) is 0 Å². The lowest BCUT2D eigenvalue weighted by Gasteiger charge is -2.10. The summed E-state index contributed by atoms with van der Waals surface area (Å²) >= 11 is 5.92. The van der Waals surface area contributed by atoms with Crippen LogP contribution in [0.1, 0.15) is 29.8 Å². The Kier molecular flexibility index (Phi) is 9.09. The third-order valence-corrected chi connectivity index (χ3v) is 4.85. The molecule has 3 aromatic rings. The van der Waals surface area contributed by atoms with Crippen molar-refractivity contribution in [3.63, 3.8) is 0 Å². The molecule has 3 rings (SSSR count). The fraction of sp³-hybridized carbons (Fsp3) is 0.400. The van der Waals surface area contributed by atoms with Crippen LogP contribution < -0.4 is 10.6 Å². The minimum atomic E-state index is 0. The molecule has 0 saturated carbocycles. The predicted molar refractivity (Wildman–Crippen MR) is 129 cm³/mol. The quantitative estimate of drug-likeness (QED) is 0.268. The second kappa shape index (κ2) is 11.3. The average molecular weight is 544 g/mol. The van der Waals surface area contributed by atoms with Crippen LogP contribution in [0.4, 0.5) is 0 Å². The van der Waals surface area contributed by atoms with Gasteiger partial charge in [0.1, 0.15) is 0 Å². The highest BCUT2D eigenvalue weighted by Crippen LogP contribution is 2.18. The first-order valence-electron chi connectivity index (χ1n) is 9.57. The molecule has 10 heteroatoms. The number of aryl methyl sites for hydroxylation is 2. The van der Waals surface area contributed by atoms with Crippen molar-refractivity contribution < 1.29 is 4.52 Å². The first-order chi connectivity index (χ1) is 14.0. The Bertz CT molecular complexity index is 982. The highest BCUT2D eigenvalue weighted by atomic mass is 127. The van der Waals surface area contributed by atoms with Crippen molar-refractivity contribution in [2.75, 3.05) is 13.1 Å². The van der Waals surface area contributed by atoms with Gasteiger partial charge in [0.25, 0.3) is 0 Å². The van der Waals surface area contributed by atoms with Crippen molar-refractivity contribution in [1.29, 1.82) is 0 Å². The Morgan fingerprint density at radius 1 is 1.20 bits per heavy atom. The van der Waals surface area contributed by atoms with E-state index in [0.717, 1.165) is 35.0 Å². The van der Waals surface area contributed by atoms with Crippen molar-refractivity contribution in [3.8, 4) is 11.4 Å². The Hall–Kier alpha value is -2.14. The summed E-state index contributed by atoms with van der Waals surface area (Å²) in [6.07, 6.45) is 0.593. The number of nitrogens with one attached hydrogen (secondary N) is 2. The van der Waals surface area contributed by atoms with E-state index in [1.807, 2.05) is 37.7 Å². The van der Waals surface area contributed by atoms with Gasteiger partial charge in [0, 0.05) is 48.4 Å². The molecule has 0 aliphatic heterocycles. The fourth-order valence-electron chi connectivity index (χ4n) is 2.91. The van der Waals surface area contributed by atoms with E-state index in [9.17, 15) is 0 Å². The standard InChI is InChI=1S/C20H26ClN7O.HI/c1-5-22-20(24-12-17-13(2)26-28(4)14(17)3)23-11-10-18-25-19(27-29-18)15-6-8-16(21)9-7-15;/h6-9H,5,10-12H2,1-4H3,(H2,22,23,24);1H. The van der Waals surface area contributed by atoms with Gasteiger partial charge in [0.05, 0.1) is 12.2 Å². The van der Waals surface area contributed by atoms with Gasteiger partial charge >= 0.3 is 0 Å². The summed E-state index contributed by atoms with van der Waals surface area (Å²) in [6.45, 7) is 8.07. The maximum atomic E-state index is 5.92. The summed E-state index contributed by atoms with van der Waals surface area (Å²) in [5.74, 6) is 1.87. The molecule has 0 spiro atoms. The molecule has 2 N–H and O–H groups in total. The normalized spacial score (nSPS) is 11.3. The number of hydrogen-bond donors (Lipinski definition) is 2. The fourth-order valence-corrected chi connectivity index (χ4v) is 3.03. The van der Waals surface area contributed by atoms with Gasteiger partial charge in [-0.15, -0.1) is 24.0 Å². The monoisotopic (exact) mass is 543 g/mol. The third kappa shape index (κ3) is 6.18. The van der Waals surface area contributed by atoms with Crippen molar-refractivity contribution in [1.82, 2.24) is 30.6 Å². The van der Waals surface area contributed by atoms with E-state index in [0.29, 0.717) is 36.2 Å². The smallest absolute Gasteiger partial charge is 0.228 e. The lowest BCUT2D eigenvalue weighted by Crippen LogP contribution is -2.38. The van der Waals surface area contributed by atoms with Crippen LogP contribution in [0.25, 0.3) is 11.4 Å². The van der Waals surface area contributed by atoms with Gasteiger partial charge in [-0.25, -0.2) is 4.99 Å². The van der Waals surface area contributed by atoms with E-state index in [2.05, 4.69) is 37.8 Å². The summed E-state index contributed by atoms with van der Waals surface area (Å²) < 4.78 is 7.23. The minimum absolute atomic E-state index is 0. The van der Waals surface area contributed by atoms with Crippen molar-refractivity contribution in [3.05, 3.63) is 52.1 Å². The van der Waals surface area contributed by atoms with E-state index >= 15 is 0 Å². The molecule has 0 bridgehead atoms. The zero-order valence-electron chi connectivity index (χ0n) is 17.6. The Labute approximate surface area is 198 Å². The molecule has 8 nitrogen and oxygen atoms in total. The van der Waals surface area contributed by atoms with Gasteiger partial charge in [-0.2, -0.15) is 10.1 Å². The molecule has 0 fully saturated rings. The average Bonchev–Trinajstić information content (AvgIpc) is 3.26. The number of hydrogen-bond acceptors (Lipinski definition) is 5. The van der Waals surface area contributed by atoms with Crippen LogP contribution in [0.15, 0.2) is 33.8 Å². The second-order valence-corrected chi connectivity index (χ2v) is 7.10. The SMILES string of the molecule is CCNC(=NCc1c(C)nn(C)c1C)NCCc1nc(-c2ccc(Cl)cc2)no1.I. The van der Waals surface area contributed by atoms with Gasteiger partial charge in [-0.05, 0) is 45.0 Å². The highest BCUT2D eigenvalue weighted by Gasteiger charge is 2.10. The van der Waals surface area contributed by atoms with Gasteiger partial charge in [0.15, 0.2) is 5.96 Å². The Balaban J connectivity index is 0.00000320. The molecule has 0 radical (unpaired) electrons. The van der Waals surface area contributed by atoms with Crippen molar-refractivity contribution >= 4 is 41.5 Å². The van der Waals surface area contributed by atoms with Crippen LogP contribution in [0.2, 0.25) is 5.02 Å². The van der Waals surface area contributed by atoms with E-state index < -0.39 is 0 Å². The van der Waals surface area contributed by atoms with Crippen LogP contribution >= 0.6 is 35.6 Å². The molecule has 0 saturated heterocycles. The maximum Gasteiger partial charge on any atom is 0.228 e. The first kappa shape index (κ1) is 24.1. The molecule has 30 heavy (non-hydrogen) atoms. The highest BCUT2D eigenvalue weighted by molar-refractivity contribution is 14.0. The summed E-state index contributed by atoms with van der Waals surface area (Å²) in [4.78, 5) is 9.11. The van der Waals surface area contributed by atoms with Crippen LogP contribution in [0.5, 0.6) is 0 Å². The number of aromatic nitrogens is 4. The number of nitrogens with zero attached hydrogens (tertiary/aromatic N) is 5. The Morgan fingerprint density at radius 2 is 1.93 bits per heavy atom. The zero-order chi connectivity index (χ0) is 20.8. The van der Waals surface area contributed by atoms with E-state index in [-0.39, 0.29) is 24.0 Å². The third-order valence-electron chi connectivity index (χ3n) is 4.60. The van der Waals surface area contributed by atoms with Crippen LogP contribution in [0, 0.1) is 13.8 Å². The summed E-state index contributed by atoms with van der Waals surface area (Å²) in [5, 5.41) is 15.7. The van der Waals surface area contributed by atoms with E-state index in [4.69, 9.17) is 16.1 Å². The number of guanidine groups is 1. The molecule has 0 aliphatic rings. The second-order valence-electron chi connectivity index (χ2n) is 6.66.